The number of aromatic nitrogens is 1. The van der Waals surface area contributed by atoms with Gasteiger partial charge in [-0.1, -0.05) is 29.8 Å². The number of sulfonamides is 1. The highest BCUT2D eigenvalue weighted by Crippen LogP contribution is 2.20. The van der Waals surface area contributed by atoms with Crippen LogP contribution in [0.3, 0.4) is 0 Å². The summed E-state index contributed by atoms with van der Waals surface area (Å²) in [5, 5.41) is 3.37. The van der Waals surface area contributed by atoms with Gasteiger partial charge >= 0.3 is 0 Å². The Morgan fingerprint density at radius 2 is 1.67 bits per heavy atom. The van der Waals surface area contributed by atoms with Crippen molar-refractivity contribution < 1.29 is 27.1 Å². The zero-order chi connectivity index (χ0) is 30.1. The highest BCUT2D eigenvalue weighted by molar-refractivity contribution is 7.92. The number of rotatable bonds is 12. The van der Waals surface area contributed by atoms with Gasteiger partial charge in [-0.25, -0.2) is 12.8 Å². The zero-order valence-electron chi connectivity index (χ0n) is 22.5. The summed E-state index contributed by atoms with van der Waals surface area (Å²) in [4.78, 5) is 31.7. The van der Waals surface area contributed by atoms with Crippen molar-refractivity contribution in [2.45, 2.75) is 31.0 Å². The third-order valence-corrected chi connectivity index (χ3v) is 7.86. The monoisotopic (exact) mass is 610 g/mol. The molecule has 0 saturated heterocycles. The first-order valence-corrected chi connectivity index (χ1v) is 14.7. The average molecular weight is 611 g/mol. The lowest BCUT2D eigenvalue weighted by molar-refractivity contribution is -0.142. The van der Waals surface area contributed by atoms with E-state index in [0.717, 1.165) is 23.3 Å². The summed E-state index contributed by atoms with van der Waals surface area (Å²) < 4.78 is 46.5. The van der Waals surface area contributed by atoms with Crippen LogP contribution in [0.15, 0.2) is 102 Å². The maximum Gasteiger partial charge on any atom is 0.261 e. The molecule has 0 radical (unpaired) electrons. The molecule has 0 aliphatic carbocycles. The van der Waals surface area contributed by atoms with E-state index < -0.39 is 34.4 Å². The number of halogens is 2. The molecule has 4 rings (SSSR count). The Morgan fingerprint density at radius 1 is 0.976 bits per heavy atom. The van der Waals surface area contributed by atoms with Gasteiger partial charge in [0.25, 0.3) is 15.9 Å². The maximum atomic E-state index is 13.3. The quantitative estimate of drug-likeness (QED) is 0.238. The normalized spacial score (nSPS) is 11.8. The fourth-order valence-corrected chi connectivity index (χ4v) is 5.07. The van der Waals surface area contributed by atoms with E-state index in [2.05, 4.69) is 15.0 Å². The molecule has 0 aliphatic heterocycles. The molecule has 0 saturated carbocycles. The Hall–Kier alpha value is -4.48. The first-order valence-electron chi connectivity index (χ1n) is 12.8. The van der Waals surface area contributed by atoms with Gasteiger partial charge in [-0.15, -0.1) is 0 Å². The number of nitrogens with zero attached hydrogens (tertiary/aromatic N) is 2. The summed E-state index contributed by atoms with van der Waals surface area (Å²) in [5.41, 5.74) is 1.79. The molecule has 2 amide bonds. The van der Waals surface area contributed by atoms with Crippen LogP contribution in [0.1, 0.15) is 18.1 Å². The fraction of sp³-hybridized carbons (Fsp3) is 0.167. The minimum atomic E-state index is -3.93. The summed E-state index contributed by atoms with van der Waals surface area (Å²) in [6.45, 7) is 1.61. The van der Waals surface area contributed by atoms with Crippen LogP contribution in [0.4, 0.5) is 10.1 Å². The van der Waals surface area contributed by atoms with Crippen molar-refractivity contribution in [3.8, 4) is 5.75 Å². The van der Waals surface area contributed by atoms with Gasteiger partial charge in [0.2, 0.25) is 5.91 Å². The Labute approximate surface area is 248 Å². The second kappa shape index (κ2) is 13.9. The van der Waals surface area contributed by atoms with E-state index in [1.807, 2.05) is 6.07 Å². The Kier molecular flexibility index (Phi) is 10.1. The molecular weight excluding hydrogens is 583 g/mol. The van der Waals surface area contributed by atoms with Crippen molar-refractivity contribution in [1.82, 2.24) is 15.2 Å². The number of hydrogen-bond acceptors (Lipinski definition) is 6. The molecule has 218 valence electrons. The second-order valence-electron chi connectivity index (χ2n) is 9.28. The molecule has 1 aromatic heterocycles. The summed E-state index contributed by atoms with van der Waals surface area (Å²) >= 11 is 6.00. The van der Waals surface area contributed by atoms with Crippen molar-refractivity contribution >= 4 is 39.1 Å². The summed E-state index contributed by atoms with van der Waals surface area (Å²) in [7, 11) is -3.93. The van der Waals surface area contributed by atoms with Crippen LogP contribution in [0.2, 0.25) is 5.02 Å². The smallest absolute Gasteiger partial charge is 0.261 e. The SMILES string of the molecule is C[C@@H](C(=O)NCc1cccnc1)N(Cc1ccc(Cl)cc1)C(=O)COc1ccc(S(=O)(=O)Nc2ccc(F)cc2)cc1. The van der Waals surface area contributed by atoms with Gasteiger partial charge in [-0.05, 0) is 84.8 Å². The van der Waals surface area contributed by atoms with Crippen LogP contribution < -0.4 is 14.8 Å². The molecule has 0 aliphatic rings. The van der Waals surface area contributed by atoms with Gasteiger partial charge in [0.15, 0.2) is 6.61 Å². The number of nitrogens with one attached hydrogen (secondary N) is 2. The molecule has 0 unspecified atom stereocenters. The van der Waals surface area contributed by atoms with Gasteiger partial charge in [0.1, 0.15) is 17.6 Å². The van der Waals surface area contributed by atoms with E-state index in [9.17, 15) is 22.4 Å². The Balaban J connectivity index is 1.41. The topological polar surface area (TPSA) is 118 Å². The largest absolute Gasteiger partial charge is 0.484 e. The fourth-order valence-electron chi connectivity index (χ4n) is 3.88. The van der Waals surface area contributed by atoms with Crippen LogP contribution in [-0.2, 0) is 32.7 Å². The van der Waals surface area contributed by atoms with Gasteiger partial charge in [0.05, 0.1) is 4.90 Å². The second-order valence-corrected chi connectivity index (χ2v) is 11.4. The standard InChI is InChI=1S/C30H28ClFN4O5S/c1-21(30(38)34-18-23-3-2-16-33-17-23)36(19-22-4-6-24(31)7-5-22)29(37)20-41-27-12-14-28(15-13-27)42(39,40)35-26-10-8-25(32)9-11-26/h2-17,21,35H,18-20H2,1H3,(H,34,38)/t21-/m0/s1. The van der Waals surface area contributed by atoms with E-state index in [1.54, 1.807) is 49.6 Å². The summed E-state index contributed by atoms with van der Waals surface area (Å²) in [5.74, 6) is -1.04. The van der Waals surface area contributed by atoms with E-state index in [4.69, 9.17) is 16.3 Å². The van der Waals surface area contributed by atoms with E-state index in [-0.39, 0.29) is 35.3 Å². The van der Waals surface area contributed by atoms with Crippen molar-refractivity contribution in [2.75, 3.05) is 11.3 Å². The minimum absolute atomic E-state index is 0.0474. The molecule has 3 aromatic carbocycles. The first kappa shape index (κ1) is 30.5. The number of hydrogen-bond donors (Lipinski definition) is 2. The van der Waals surface area contributed by atoms with Crippen LogP contribution in [0.25, 0.3) is 0 Å². The third-order valence-electron chi connectivity index (χ3n) is 6.22. The number of benzene rings is 3. The zero-order valence-corrected chi connectivity index (χ0v) is 24.1. The van der Waals surface area contributed by atoms with E-state index in [0.29, 0.717) is 5.02 Å². The number of carbonyl (C=O) groups excluding carboxylic acids is 2. The lowest BCUT2D eigenvalue weighted by Crippen LogP contribution is -2.48. The summed E-state index contributed by atoms with van der Waals surface area (Å²) in [6, 6.07) is 20.1. The van der Waals surface area contributed by atoms with Crippen LogP contribution in [0, 0.1) is 5.82 Å². The average Bonchev–Trinajstić information content (AvgIpc) is 3.00. The third kappa shape index (κ3) is 8.51. The number of anilines is 1. The lowest BCUT2D eigenvalue weighted by atomic mass is 10.1. The van der Waals surface area contributed by atoms with Crippen LogP contribution in [0.5, 0.6) is 5.75 Å². The Bertz CT molecular complexity index is 1600. The van der Waals surface area contributed by atoms with E-state index in [1.165, 1.54) is 41.3 Å². The Morgan fingerprint density at radius 3 is 2.31 bits per heavy atom. The highest BCUT2D eigenvalue weighted by atomic mass is 35.5. The number of ether oxygens (including phenoxy) is 1. The lowest BCUT2D eigenvalue weighted by Gasteiger charge is -2.28. The molecule has 42 heavy (non-hydrogen) atoms. The number of carbonyl (C=O) groups is 2. The number of pyridine rings is 1. The van der Waals surface area contributed by atoms with Crippen LogP contribution in [-0.4, -0.2) is 42.8 Å². The van der Waals surface area contributed by atoms with Gasteiger partial charge in [-0.2, -0.15) is 0 Å². The molecule has 2 N–H and O–H groups in total. The first-order chi connectivity index (χ1) is 20.1. The highest BCUT2D eigenvalue weighted by Gasteiger charge is 2.26. The van der Waals surface area contributed by atoms with Gasteiger partial charge < -0.3 is 15.0 Å². The number of amides is 2. The molecule has 1 atom stereocenters. The van der Waals surface area contributed by atoms with Gasteiger partial charge in [0, 0.05) is 36.2 Å². The molecule has 0 bridgehead atoms. The minimum Gasteiger partial charge on any atom is -0.484 e. The predicted octanol–water partition coefficient (Wildman–Crippen LogP) is 4.79. The van der Waals surface area contributed by atoms with Crippen molar-refractivity contribution in [2.24, 2.45) is 0 Å². The molecule has 1 heterocycles. The van der Waals surface area contributed by atoms with Crippen molar-refractivity contribution in [1.29, 1.82) is 0 Å². The molecule has 12 heteroatoms. The van der Waals surface area contributed by atoms with Gasteiger partial charge in [-0.3, -0.25) is 19.3 Å². The van der Waals surface area contributed by atoms with E-state index >= 15 is 0 Å². The molecular formula is C30H28ClFN4O5S. The van der Waals surface area contributed by atoms with Crippen LogP contribution >= 0.6 is 11.6 Å². The molecule has 0 spiro atoms. The predicted molar refractivity (Wildman–Crippen MR) is 157 cm³/mol. The molecule has 0 fully saturated rings. The van der Waals surface area contributed by atoms with Crippen molar-refractivity contribution in [3.63, 3.8) is 0 Å². The summed E-state index contributed by atoms with van der Waals surface area (Å²) in [6.07, 6.45) is 3.28. The molecule has 4 aromatic rings. The van der Waals surface area contributed by atoms with Crippen molar-refractivity contribution in [3.05, 3.63) is 119 Å². The maximum absolute atomic E-state index is 13.3. The molecule has 9 nitrogen and oxygen atoms in total.